The number of hydrogen-bond donors (Lipinski definition) is 1. The molecule has 3 nitrogen and oxygen atoms in total. The van der Waals surface area contributed by atoms with Gasteiger partial charge in [-0.3, -0.25) is 0 Å². The Morgan fingerprint density at radius 3 is 2.77 bits per heavy atom. The molecule has 1 aromatic heterocycles. The van der Waals surface area contributed by atoms with Crippen LogP contribution in [0.3, 0.4) is 0 Å². The van der Waals surface area contributed by atoms with Gasteiger partial charge in [0.2, 0.25) is 0 Å². The van der Waals surface area contributed by atoms with Crippen molar-refractivity contribution in [2.45, 2.75) is 13.8 Å². The maximum absolute atomic E-state index is 5.64. The van der Waals surface area contributed by atoms with Crippen LogP contribution in [0.4, 0.5) is 0 Å². The van der Waals surface area contributed by atoms with E-state index in [2.05, 4.69) is 24.9 Å². The quantitative estimate of drug-likeness (QED) is 0.762. The molecule has 3 heteroatoms. The van der Waals surface area contributed by atoms with Crippen LogP contribution >= 0.6 is 0 Å². The lowest BCUT2D eigenvalue weighted by molar-refractivity contribution is 0.750. The highest BCUT2D eigenvalue weighted by molar-refractivity contribution is 5.49. The molecule has 1 heterocycles. The molecule has 0 fully saturated rings. The summed E-state index contributed by atoms with van der Waals surface area (Å²) >= 11 is 0. The van der Waals surface area contributed by atoms with E-state index in [-0.39, 0.29) is 0 Å². The molecule has 13 heavy (non-hydrogen) atoms. The Morgan fingerprint density at radius 2 is 2.38 bits per heavy atom. The fraction of sp³-hybridized carbons (Fsp3) is 0.500. The summed E-state index contributed by atoms with van der Waals surface area (Å²) in [4.78, 5) is 4.05. The molecule has 0 amide bonds. The molecule has 0 saturated heterocycles. The molecule has 0 aliphatic rings. The average Bonchev–Trinajstić information content (AvgIpc) is 2.46. The predicted molar refractivity (Wildman–Crippen MR) is 55.1 cm³/mol. The van der Waals surface area contributed by atoms with E-state index in [0.29, 0.717) is 12.5 Å². The van der Waals surface area contributed by atoms with Crippen molar-refractivity contribution in [2.24, 2.45) is 18.7 Å². The van der Waals surface area contributed by atoms with E-state index in [9.17, 15) is 0 Å². The number of rotatable bonds is 3. The van der Waals surface area contributed by atoms with E-state index in [1.54, 1.807) is 6.33 Å². The van der Waals surface area contributed by atoms with Crippen LogP contribution < -0.4 is 5.73 Å². The first kappa shape index (κ1) is 9.99. The van der Waals surface area contributed by atoms with Crippen molar-refractivity contribution in [1.82, 2.24) is 9.55 Å². The SMILES string of the molecule is CC(C)C(=Cc1cncn1C)CN. The molecule has 0 aromatic carbocycles. The molecule has 0 unspecified atom stereocenters. The lowest BCUT2D eigenvalue weighted by Crippen LogP contribution is -2.08. The first-order chi connectivity index (χ1) is 6.15. The normalized spacial score (nSPS) is 12.5. The molecule has 0 bridgehead atoms. The number of imidazole rings is 1. The summed E-state index contributed by atoms with van der Waals surface area (Å²) in [7, 11) is 1.98. The van der Waals surface area contributed by atoms with Crippen molar-refractivity contribution in [1.29, 1.82) is 0 Å². The second-order valence-electron chi connectivity index (χ2n) is 3.51. The zero-order valence-electron chi connectivity index (χ0n) is 8.49. The number of aryl methyl sites for hydroxylation is 1. The van der Waals surface area contributed by atoms with Crippen LogP contribution in [0.25, 0.3) is 6.08 Å². The van der Waals surface area contributed by atoms with Gasteiger partial charge in [0.15, 0.2) is 0 Å². The third-order valence-electron chi connectivity index (χ3n) is 2.16. The van der Waals surface area contributed by atoms with Gasteiger partial charge in [0.25, 0.3) is 0 Å². The molecule has 0 aliphatic heterocycles. The van der Waals surface area contributed by atoms with E-state index in [1.807, 2.05) is 17.8 Å². The largest absolute Gasteiger partial charge is 0.334 e. The number of nitrogens with two attached hydrogens (primary N) is 1. The second kappa shape index (κ2) is 4.23. The van der Waals surface area contributed by atoms with Gasteiger partial charge in [-0.1, -0.05) is 19.4 Å². The minimum absolute atomic E-state index is 0.500. The third-order valence-corrected chi connectivity index (χ3v) is 2.16. The third kappa shape index (κ3) is 2.42. The summed E-state index contributed by atoms with van der Waals surface area (Å²) in [6.07, 6.45) is 5.75. The van der Waals surface area contributed by atoms with Crippen LogP contribution in [-0.2, 0) is 7.05 Å². The summed E-state index contributed by atoms with van der Waals surface area (Å²) in [6.45, 7) is 4.91. The highest BCUT2D eigenvalue weighted by atomic mass is 15.0. The summed E-state index contributed by atoms with van der Waals surface area (Å²) in [5.41, 5.74) is 8.00. The summed E-state index contributed by atoms with van der Waals surface area (Å²) in [5.74, 6) is 0.500. The molecule has 72 valence electrons. The maximum Gasteiger partial charge on any atom is 0.0948 e. The standard InChI is InChI=1S/C10H17N3/c1-8(2)9(5-11)4-10-6-12-7-13(10)3/h4,6-8H,5,11H2,1-3H3. The molecular formula is C10H17N3. The summed E-state index contributed by atoms with van der Waals surface area (Å²) in [6, 6.07) is 0. The Balaban J connectivity index is 2.91. The Kier molecular flexibility index (Phi) is 3.25. The van der Waals surface area contributed by atoms with Crippen LogP contribution in [0.5, 0.6) is 0 Å². The van der Waals surface area contributed by atoms with Crippen molar-refractivity contribution in [2.75, 3.05) is 6.54 Å². The van der Waals surface area contributed by atoms with Gasteiger partial charge in [-0.05, 0) is 12.0 Å². The van der Waals surface area contributed by atoms with Crippen molar-refractivity contribution < 1.29 is 0 Å². The molecule has 0 aliphatic carbocycles. The number of nitrogens with zero attached hydrogens (tertiary/aromatic N) is 2. The van der Waals surface area contributed by atoms with E-state index in [1.165, 1.54) is 5.57 Å². The Bertz CT molecular complexity index is 297. The number of hydrogen-bond acceptors (Lipinski definition) is 2. The molecule has 0 spiro atoms. The van der Waals surface area contributed by atoms with E-state index < -0.39 is 0 Å². The van der Waals surface area contributed by atoms with Crippen molar-refractivity contribution >= 4 is 6.08 Å². The van der Waals surface area contributed by atoms with Gasteiger partial charge in [0, 0.05) is 13.6 Å². The fourth-order valence-corrected chi connectivity index (χ4v) is 1.16. The molecule has 0 atom stereocenters. The number of aromatic nitrogens is 2. The zero-order valence-corrected chi connectivity index (χ0v) is 8.49. The molecular weight excluding hydrogens is 162 g/mol. The lowest BCUT2D eigenvalue weighted by Gasteiger charge is -2.08. The van der Waals surface area contributed by atoms with Gasteiger partial charge in [0.05, 0.1) is 18.2 Å². The van der Waals surface area contributed by atoms with E-state index in [4.69, 9.17) is 5.73 Å². The van der Waals surface area contributed by atoms with E-state index in [0.717, 1.165) is 5.69 Å². The highest BCUT2D eigenvalue weighted by Crippen LogP contribution is 2.12. The van der Waals surface area contributed by atoms with Crippen LogP contribution in [0, 0.1) is 5.92 Å². The van der Waals surface area contributed by atoms with Crippen LogP contribution in [0.15, 0.2) is 18.1 Å². The van der Waals surface area contributed by atoms with Gasteiger partial charge in [-0.2, -0.15) is 0 Å². The van der Waals surface area contributed by atoms with Crippen LogP contribution in [0.1, 0.15) is 19.5 Å². The smallest absolute Gasteiger partial charge is 0.0948 e. The van der Waals surface area contributed by atoms with Crippen LogP contribution in [-0.4, -0.2) is 16.1 Å². The molecule has 0 saturated carbocycles. The van der Waals surface area contributed by atoms with Gasteiger partial charge in [-0.25, -0.2) is 4.98 Å². The molecule has 1 rings (SSSR count). The lowest BCUT2D eigenvalue weighted by atomic mass is 10.0. The monoisotopic (exact) mass is 179 g/mol. The minimum Gasteiger partial charge on any atom is -0.334 e. The van der Waals surface area contributed by atoms with Gasteiger partial charge in [0.1, 0.15) is 0 Å². The summed E-state index contributed by atoms with van der Waals surface area (Å²) in [5, 5.41) is 0. The first-order valence-electron chi connectivity index (χ1n) is 4.52. The first-order valence-corrected chi connectivity index (χ1v) is 4.52. The zero-order chi connectivity index (χ0) is 9.84. The highest BCUT2D eigenvalue weighted by Gasteiger charge is 2.02. The molecule has 2 N–H and O–H groups in total. The van der Waals surface area contributed by atoms with Crippen molar-refractivity contribution in [3.05, 3.63) is 23.8 Å². The fourth-order valence-electron chi connectivity index (χ4n) is 1.16. The van der Waals surface area contributed by atoms with Gasteiger partial charge < -0.3 is 10.3 Å². The van der Waals surface area contributed by atoms with Crippen molar-refractivity contribution in [3.63, 3.8) is 0 Å². The Hall–Kier alpha value is -1.09. The predicted octanol–water partition coefficient (Wildman–Crippen LogP) is 1.42. The molecule has 1 aromatic rings. The Morgan fingerprint density at radius 1 is 1.69 bits per heavy atom. The Labute approximate surface area is 79.3 Å². The minimum atomic E-state index is 0.500. The van der Waals surface area contributed by atoms with Gasteiger partial charge >= 0.3 is 0 Å². The molecule has 0 radical (unpaired) electrons. The van der Waals surface area contributed by atoms with E-state index >= 15 is 0 Å². The maximum atomic E-state index is 5.64. The van der Waals surface area contributed by atoms with Gasteiger partial charge in [-0.15, -0.1) is 0 Å². The van der Waals surface area contributed by atoms with Crippen LogP contribution in [0.2, 0.25) is 0 Å². The average molecular weight is 179 g/mol. The summed E-state index contributed by atoms with van der Waals surface area (Å²) < 4.78 is 1.98. The topological polar surface area (TPSA) is 43.8 Å². The second-order valence-corrected chi connectivity index (χ2v) is 3.51. The van der Waals surface area contributed by atoms with Crippen molar-refractivity contribution in [3.8, 4) is 0 Å².